The summed E-state index contributed by atoms with van der Waals surface area (Å²) in [5.41, 5.74) is 6.42. The Balaban J connectivity index is 1.89. The molecule has 2 rings (SSSR count). The van der Waals surface area contributed by atoms with Gasteiger partial charge in [0, 0.05) is 12.6 Å². The summed E-state index contributed by atoms with van der Waals surface area (Å²) >= 11 is 0. The average molecular weight is 294 g/mol. The van der Waals surface area contributed by atoms with Crippen molar-refractivity contribution in [2.75, 3.05) is 0 Å². The van der Waals surface area contributed by atoms with Crippen molar-refractivity contribution in [1.82, 2.24) is 4.98 Å². The molecule has 0 aliphatic heterocycles. The molecule has 0 fully saturated rings. The van der Waals surface area contributed by atoms with E-state index in [-0.39, 0.29) is 13.0 Å². The van der Waals surface area contributed by atoms with Crippen molar-refractivity contribution in [3.63, 3.8) is 0 Å². The van der Waals surface area contributed by atoms with Crippen molar-refractivity contribution in [2.24, 2.45) is 5.73 Å². The molecule has 1 atom stereocenters. The van der Waals surface area contributed by atoms with Crippen molar-refractivity contribution in [3.8, 4) is 11.8 Å². The van der Waals surface area contributed by atoms with Gasteiger partial charge in [0.15, 0.2) is 0 Å². The van der Waals surface area contributed by atoms with E-state index in [2.05, 4.69) is 16.8 Å². The van der Waals surface area contributed by atoms with Crippen molar-refractivity contribution < 1.29 is 9.53 Å². The predicted molar refractivity (Wildman–Crippen MR) is 84.6 cm³/mol. The summed E-state index contributed by atoms with van der Waals surface area (Å²) in [6.07, 6.45) is 1.87. The highest BCUT2D eigenvalue weighted by Gasteiger charge is 2.29. The number of nitrogens with two attached hydrogens (primary N) is 1. The van der Waals surface area contributed by atoms with Gasteiger partial charge in [-0.3, -0.25) is 4.79 Å². The van der Waals surface area contributed by atoms with Gasteiger partial charge in [-0.15, -0.1) is 0 Å². The lowest BCUT2D eigenvalue weighted by Gasteiger charge is -2.19. The second kappa shape index (κ2) is 7.39. The van der Waals surface area contributed by atoms with E-state index in [0.29, 0.717) is 5.69 Å². The molecule has 4 nitrogen and oxygen atoms in total. The van der Waals surface area contributed by atoms with Crippen LogP contribution in [0.5, 0.6) is 0 Å². The molecule has 0 saturated heterocycles. The first-order valence-corrected chi connectivity index (χ1v) is 6.98. The number of esters is 1. The van der Waals surface area contributed by atoms with Gasteiger partial charge in [0.2, 0.25) is 0 Å². The molecule has 0 aliphatic carbocycles. The zero-order chi connectivity index (χ0) is 15.8. The zero-order valence-corrected chi connectivity index (χ0v) is 12.5. The SMILES string of the molecule is C[C@](N)(CC#Cc1ccccn1)C(=O)OCc1ccccc1. The average Bonchev–Trinajstić information content (AvgIpc) is 2.54. The maximum absolute atomic E-state index is 12.0. The lowest BCUT2D eigenvalue weighted by Crippen LogP contribution is -2.45. The molecule has 1 aromatic carbocycles. The van der Waals surface area contributed by atoms with Gasteiger partial charge in [-0.05, 0) is 30.5 Å². The fourth-order valence-electron chi connectivity index (χ4n) is 1.72. The molecule has 112 valence electrons. The van der Waals surface area contributed by atoms with Crippen LogP contribution in [-0.4, -0.2) is 16.5 Å². The van der Waals surface area contributed by atoms with E-state index in [9.17, 15) is 4.79 Å². The third-order valence-electron chi connectivity index (χ3n) is 3.02. The molecular formula is C18H18N2O2. The first-order valence-electron chi connectivity index (χ1n) is 6.98. The number of benzene rings is 1. The smallest absolute Gasteiger partial charge is 0.327 e. The van der Waals surface area contributed by atoms with Gasteiger partial charge in [0.1, 0.15) is 17.8 Å². The maximum atomic E-state index is 12.0. The summed E-state index contributed by atoms with van der Waals surface area (Å²) in [6, 6.07) is 14.9. The van der Waals surface area contributed by atoms with Gasteiger partial charge in [-0.1, -0.05) is 42.3 Å². The van der Waals surface area contributed by atoms with Crippen molar-refractivity contribution in [2.45, 2.75) is 25.5 Å². The standard InChI is InChI=1S/C18H18N2O2/c1-18(19,12-7-11-16-10-5-6-13-20-16)17(21)22-14-15-8-3-2-4-9-15/h2-6,8-10,13H,12,14,19H2,1H3/t18-/m0/s1. The molecule has 2 aromatic rings. The summed E-state index contributed by atoms with van der Waals surface area (Å²) < 4.78 is 5.25. The lowest BCUT2D eigenvalue weighted by atomic mass is 10.00. The van der Waals surface area contributed by atoms with E-state index in [1.165, 1.54) is 0 Å². The van der Waals surface area contributed by atoms with Crippen molar-refractivity contribution in [3.05, 3.63) is 66.0 Å². The van der Waals surface area contributed by atoms with Crippen LogP contribution in [0.3, 0.4) is 0 Å². The Kier molecular flexibility index (Phi) is 5.29. The topological polar surface area (TPSA) is 65.2 Å². The summed E-state index contributed by atoms with van der Waals surface area (Å²) in [4.78, 5) is 16.1. The Morgan fingerprint density at radius 3 is 2.64 bits per heavy atom. The number of rotatable bonds is 4. The highest BCUT2D eigenvalue weighted by Crippen LogP contribution is 2.10. The van der Waals surface area contributed by atoms with Crippen LogP contribution in [0.2, 0.25) is 0 Å². The molecule has 0 spiro atoms. The molecular weight excluding hydrogens is 276 g/mol. The molecule has 4 heteroatoms. The number of ether oxygens (including phenoxy) is 1. The molecule has 2 N–H and O–H groups in total. The Hall–Kier alpha value is -2.64. The van der Waals surface area contributed by atoms with Crippen molar-refractivity contribution >= 4 is 5.97 Å². The highest BCUT2D eigenvalue weighted by atomic mass is 16.5. The molecule has 22 heavy (non-hydrogen) atoms. The molecule has 1 aromatic heterocycles. The zero-order valence-electron chi connectivity index (χ0n) is 12.5. The summed E-state index contributed by atoms with van der Waals surface area (Å²) in [7, 11) is 0. The summed E-state index contributed by atoms with van der Waals surface area (Å²) in [5.74, 6) is 5.30. The normalized spacial score (nSPS) is 12.6. The minimum Gasteiger partial charge on any atom is -0.459 e. The van der Waals surface area contributed by atoms with Crippen LogP contribution < -0.4 is 5.73 Å². The van der Waals surface area contributed by atoms with Crippen LogP contribution in [0.25, 0.3) is 0 Å². The van der Waals surface area contributed by atoms with E-state index in [4.69, 9.17) is 10.5 Å². The third-order valence-corrected chi connectivity index (χ3v) is 3.02. The molecule has 0 bridgehead atoms. The third kappa shape index (κ3) is 4.72. The van der Waals surface area contributed by atoms with E-state index in [1.54, 1.807) is 19.2 Å². The van der Waals surface area contributed by atoms with Crippen molar-refractivity contribution in [1.29, 1.82) is 0 Å². The van der Waals surface area contributed by atoms with Gasteiger partial charge in [0.25, 0.3) is 0 Å². The lowest BCUT2D eigenvalue weighted by molar-refractivity contribution is -0.150. The van der Waals surface area contributed by atoms with E-state index >= 15 is 0 Å². The predicted octanol–water partition coefficient (Wildman–Crippen LogP) is 2.28. The van der Waals surface area contributed by atoms with Gasteiger partial charge < -0.3 is 10.5 Å². The minimum atomic E-state index is -1.14. The minimum absolute atomic E-state index is 0.206. The quantitative estimate of drug-likeness (QED) is 0.694. The molecule has 1 heterocycles. The largest absolute Gasteiger partial charge is 0.459 e. The summed E-state index contributed by atoms with van der Waals surface area (Å²) in [5, 5.41) is 0. The highest BCUT2D eigenvalue weighted by molar-refractivity contribution is 5.80. The maximum Gasteiger partial charge on any atom is 0.327 e. The fourth-order valence-corrected chi connectivity index (χ4v) is 1.72. The van der Waals surface area contributed by atoms with E-state index < -0.39 is 11.5 Å². The Morgan fingerprint density at radius 2 is 1.95 bits per heavy atom. The second-order valence-corrected chi connectivity index (χ2v) is 5.17. The van der Waals surface area contributed by atoms with Gasteiger partial charge in [0.05, 0.1) is 0 Å². The first kappa shape index (κ1) is 15.7. The van der Waals surface area contributed by atoms with Gasteiger partial charge in [-0.2, -0.15) is 0 Å². The number of nitrogens with zero attached hydrogens (tertiary/aromatic N) is 1. The second-order valence-electron chi connectivity index (χ2n) is 5.17. The summed E-state index contributed by atoms with van der Waals surface area (Å²) in [6.45, 7) is 1.83. The Labute approximate surface area is 130 Å². The molecule has 0 saturated carbocycles. The first-order chi connectivity index (χ1) is 10.6. The van der Waals surface area contributed by atoms with Crippen LogP contribution in [-0.2, 0) is 16.1 Å². The van der Waals surface area contributed by atoms with Crippen LogP contribution in [0.4, 0.5) is 0 Å². The number of carbonyl (C=O) groups is 1. The van der Waals surface area contributed by atoms with E-state index in [1.807, 2.05) is 42.5 Å². The molecule has 0 aliphatic rings. The number of aromatic nitrogens is 1. The molecule has 0 amide bonds. The van der Waals surface area contributed by atoms with Crippen LogP contribution >= 0.6 is 0 Å². The fraction of sp³-hybridized carbons (Fsp3) is 0.222. The van der Waals surface area contributed by atoms with Gasteiger partial charge >= 0.3 is 5.97 Å². The Bertz CT molecular complexity index is 670. The Morgan fingerprint density at radius 1 is 1.23 bits per heavy atom. The van der Waals surface area contributed by atoms with Gasteiger partial charge in [-0.25, -0.2) is 4.98 Å². The number of pyridine rings is 1. The number of carbonyl (C=O) groups excluding carboxylic acids is 1. The van der Waals surface area contributed by atoms with Crippen LogP contribution in [0.15, 0.2) is 54.7 Å². The van der Waals surface area contributed by atoms with Crippen LogP contribution in [0.1, 0.15) is 24.6 Å². The molecule has 0 radical (unpaired) electrons. The number of hydrogen-bond donors (Lipinski definition) is 1. The molecule has 0 unspecified atom stereocenters. The number of hydrogen-bond acceptors (Lipinski definition) is 4. The van der Waals surface area contributed by atoms with Crippen LogP contribution in [0, 0.1) is 11.8 Å². The monoisotopic (exact) mass is 294 g/mol. The van der Waals surface area contributed by atoms with E-state index in [0.717, 1.165) is 5.56 Å².